The van der Waals surface area contributed by atoms with Gasteiger partial charge in [0.05, 0.1) is 0 Å². The highest BCUT2D eigenvalue weighted by Gasteiger charge is 2.23. The summed E-state index contributed by atoms with van der Waals surface area (Å²) in [5.41, 5.74) is 5.62. The van der Waals surface area contributed by atoms with Gasteiger partial charge in [0.25, 0.3) is 0 Å². The second-order valence-electron chi connectivity index (χ2n) is 4.73. The summed E-state index contributed by atoms with van der Waals surface area (Å²) in [6.07, 6.45) is 9.72. The molecular weight excluding hydrogens is 216 g/mol. The molecule has 0 radical (unpaired) electrons. The van der Waals surface area contributed by atoms with Gasteiger partial charge in [0.1, 0.15) is 0 Å². The van der Waals surface area contributed by atoms with Crippen LogP contribution in [0.3, 0.4) is 0 Å². The molecule has 0 spiro atoms. The number of oxime groups is 1. The molecule has 5 nitrogen and oxygen atoms in total. The highest BCUT2D eigenvalue weighted by atomic mass is 16.4. The third-order valence-corrected chi connectivity index (χ3v) is 3.79. The molecule has 0 bridgehead atoms. The van der Waals surface area contributed by atoms with E-state index in [0.29, 0.717) is 11.9 Å². The molecule has 0 unspecified atom stereocenters. The van der Waals surface area contributed by atoms with Crippen molar-refractivity contribution in [1.29, 1.82) is 0 Å². The molecule has 0 amide bonds. The molecule has 1 aliphatic carbocycles. The highest BCUT2D eigenvalue weighted by molar-refractivity contribution is 5.93. The van der Waals surface area contributed by atoms with E-state index in [9.17, 15) is 0 Å². The van der Waals surface area contributed by atoms with E-state index in [-0.39, 0.29) is 5.84 Å². The van der Waals surface area contributed by atoms with Crippen molar-refractivity contribution in [3.8, 4) is 0 Å². The fourth-order valence-electron chi connectivity index (χ4n) is 2.68. The standard InChI is InChI=1S/C12H20N4O/c1-2-9-3-5-10(6-4-9)16-8-7-14-12(16)11(13)15-17/h7-10,17H,2-6H2,1H3,(H2,13,15). The Kier molecular flexibility index (Phi) is 3.66. The largest absolute Gasteiger partial charge is 0.409 e. The Balaban J connectivity index is 2.11. The topological polar surface area (TPSA) is 76.4 Å². The van der Waals surface area contributed by atoms with Crippen LogP contribution in [0.15, 0.2) is 17.5 Å². The Morgan fingerprint density at radius 1 is 1.53 bits per heavy atom. The lowest BCUT2D eigenvalue weighted by Gasteiger charge is -2.29. The summed E-state index contributed by atoms with van der Waals surface area (Å²) >= 11 is 0. The molecule has 3 N–H and O–H groups in total. The molecule has 1 aromatic rings. The van der Waals surface area contributed by atoms with Gasteiger partial charge in [-0.3, -0.25) is 0 Å². The molecule has 1 saturated carbocycles. The summed E-state index contributed by atoms with van der Waals surface area (Å²) in [5.74, 6) is 1.53. The van der Waals surface area contributed by atoms with Crippen LogP contribution in [0.25, 0.3) is 0 Å². The number of imidazole rings is 1. The lowest BCUT2D eigenvalue weighted by atomic mass is 9.84. The first kappa shape index (κ1) is 12.0. The van der Waals surface area contributed by atoms with E-state index in [1.54, 1.807) is 6.20 Å². The van der Waals surface area contributed by atoms with Crippen LogP contribution >= 0.6 is 0 Å². The molecule has 0 saturated heterocycles. The quantitative estimate of drug-likeness (QED) is 0.365. The maximum Gasteiger partial charge on any atom is 0.206 e. The Hall–Kier alpha value is -1.52. The second-order valence-corrected chi connectivity index (χ2v) is 4.73. The first-order valence-corrected chi connectivity index (χ1v) is 6.27. The van der Waals surface area contributed by atoms with Gasteiger partial charge in [-0.05, 0) is 31.6 Å². The van der Waals surface area contributed by atoms with Crippen molar-refractivity contribution in [3.05, 3.63) is 18.2 Å². The van der Waals surface area contributed by atoms with Crippen molar-refractivity contribution in [3.63, 3.8) is 0 Å². The van der Waals surface area contributed by atoms with Crippen molar-refractivity contribution in [2.45, 2.75) is 45.1 Å². The number of hydrogen-bond acceptors (Lipinski definition) is 3. The van der Waals surface area contributed by atoms with Crippen molar-refractivity contribution in [2.75, 3.05) is 0 Å². The SMILES string of the molecule is CCC1CCC(n2ccnc2C(N)=NO)CC1. The molecule has 0 aliphatic heterocycles. The third kappa shape index (κ3) is 2.43. The van der Waals surface area contributed by atoms with Crippen molar-refractivity contribution in [1.82, 2.24) is 9.55 Å². The number of aromatic nitrogens is 2. The van der Waals surface area contributed by atoms with Gasteiger partial charge in [-0.15, -0.1) is 0 Å². The number of hydrogen-bond donors (Lipinski definition) is 2. The van der Waals surface area contributed by atoms with Crippen LogP contribution in [0.5, 0.6) is 0 Å². The van der Waals surface area contributed by atoms with Crippen molar-refractivity contribution >= 4 is 5.84 Å². The Morgan fingerprint density at radius 3 is 2.82 bits per heavy atom. The monoisotopic (exact) mass is 236 g/mol. The lowest BCUT2D eigenvalue weighted by Crippen LogP contribution is -2.24. The van der Waals surface area contributed by atoms with Gasteiger partial charge in [0.15, 0.2) is 5.82 Å². The summed E-state index contributed by atoms with van der Waals surface area (Å²) in [5, 5.41) is 11.7. The summed E-state index contributed by atoms with van der Waals surface area (Å²) in [6.45, 7) is 2.25. The van der Waals surface area contributed by atoms with E-state index in [0.717, 1.165) is 18.8 Å². The highest BCUT2D eigenvalue weighted by Crippen LogP contribution is 2.34. The van der Waals surface area contributed by atoms with Crippen LogP contribution in [0.2, 0.25) is 0 Å². The van der Waals surface area contributed by atoms with E-state index in [4.69, 9.17) is 10.9 Å². The van der Waals surface area contributed by atoms with Crippen molar-refractivity contribution in [2.24, 2.45) is 16.8 Å². The zero-order valence-electron chi connectivity index (χ0n) is 10.2. The first-order chi connectivity index (χ1) is 8.26. The molecule has 2 rings (SSSR count). The van der Waals surface area contributed by atoms with Crippen molar-refractivity contribution < 1.29 is 5.21 Å². The minimum atomic E-state index is 0.0904. The summed E-state index contributed by atoms with van der Waals surface area (Å²) in [7, 11) is 0. The van der Waals surface area contributed by atoms with Gasteiger partial charge in [-0.25, -0.2) is 4.98 Å². The lowest BCUT2D eigenvalue weighted by molar-refractivity contribution is 0.268. The predicted octanol–water partition coefficient (Wildman–Crippen LogP) is 2.12. The van der Waals surface area contributed by atoms with Gasteiger partial charge >= 0.3 is 0 Å². The van der Waals surface area contributed by atoms with E-state index in [1.165, 1.54) is 19.3 Å². The summed E-state index contributed by atoms with van der Waals surface area (Å²) in [4.78, 5) is 4.15. The molecule has 94 valence electrons. The smallest absolute Gasteiger partial charge is 0.206 e. The summed E-state index contributed by atoms with van der Waals surface area (Å²) in [6, 6.07) is 0.440. The summed E-state index contributed by atoms with van der Waals surface area (Å²) < 4.78 is 2.04. The normalized spacial score (nSPS) is 26.1. The van der Waals surface area contributed by atoms with Gasteiger partial charge in [0, 0.05) is 18.4 Å². The first-order valence-electron chi connectivity index (χ1n) is 6.27. The van der Waals surface area contributed by atoms with Gasteiger partial charge < -0.3 is 15.5 Å². The molecule has 0 atom stereocenters. The van der Waals surface area contributed by atoms with E-state index in [2.05, 4.69) is 17.1 Å². The van der Waals surface area contributed by atoms with E-state index in [1.807, 2.05) is 10.8 Å². The van der Waals surface area contributed by atoms with Gasteiger partial charge in [0.2, 0.25) is 5.84 Å². The van der Waals surface area contributed by atoms with E-state index < -0.39 is 0 Å². The minimum Gasteiger partial charge on any atom is -0.409 e. The Labute approximate surface area is 101 Å². The molecule has 1 aromatic heterocycles. The maximum atomic E-state index is 8.72. The van der Waals surface area contributed by atoms with Gasteiger partial charge in [-0.2, -0.15) is 0 Å². The van der Waals surface area contributed by atoms with Crippen LogP contribution in [0.4, 0.5) is 0 Å². The fourth-order valence-corrected chi connectivity index (χ4v) is 2.68. The average Bonchev–Trinajstić information content (AvgIpc) is 2.87. The Bertz CT molecular complexity index is 391. The van der Waals surface area contributed by atoms with Crippen LogP contribution < -0.4 is 5.73 Å². The molecule has 1 heterocycles. The minimum absolute atomic E-state index is 0.0904. The second kappa shape index (κ2) is 5.21. The number of nitrogens with zero attached hydrogens (tertiary/aromatic N) is 3. The van der Waals surface area contributed by atoms with E-state index >= 15 is 0 Å². The fraction of sp³-hybridized carbons (Fsp3) is 0.667. The zero-order valence-corrected chi connectivity index (χ0v) is 10.2. The third-order valence-electron chi connectivity index (χ3n) is 3.79. The van der Waals surface area contributed by atoms with Crippen LogP contribution in [-0.2, 0) is 0 Å². The molecule has 5 heteroatoms. The van der Waals surface area contributed by atoms with Crippen LogP contribution in [0, 0.1) is 5.92 Å². The molecular formula is C12H20N4O. The molecule has 1 fully saturated rings. The maximum absolute atomic E-state index is 8.72. The molecule has 1 aliphatic rings. The molecule has 17 heavy (non-hydrogen) atoms. The Morgan fingerprint density at radius 2 is 2.24 bits per heavy atom. The predicted molar refractivity (Wildman–Crippen MR) is 66.0 cm³/mol. The van der Waals surface area contributed by atoms with Crippen LogP contribution in [-0.4, -0.2) is 20.6 Å². The molecule has 0 aromatic carbocycles. The zero-order chi connectivity index (χ0) is 12.3. The van der Waals surface area contributed by atoms with Gasteiger partial charge in [-0.1, -0.05) is 18.5 Å². The number of nitrogens with two attached hydrogens (primary N) is 1. The van der Waals surface area contributed by atoms with Crippen LogP contribution in [0.1, 0.15) is 50.9 Å². The number of rotatable bonds is 3. The average molecular weight is 236 g/mol. The number of amidine groups is 1.